The van der Waals surface area contributed by atoms with Crippen LogP contribution in [0.5, 0.6) is 0 Å². The molecule has 6 nitrogen and oxygen atoms in total. The van der Waals surface area contributed by atoms with Crippen molar-refractivity contribution in [2.45, 2.75) is 32.4 Å². The van der Waals surface area contributed by atoms with E-state index in [1.807, 2.05) is 62.4 Å². The fourth-order valence-electron chi connectivity index (χ4n) is 3.53. The van der Waals surface area contributed by atoms with E-state index in [-0.39, 0.29) is 11.7 Å². The third kappa shape index (κ3) is 6.30. The topological polar surface area (TPSA) is 84.0 Å². The summed E-state index contributed by atoms with van der Waals surface area (Å²) in [6.45, 7) is 5.01. The number of amides is 1. The van der Waals surface area contributed by atoms with Crippen LogP contribution in [0, 0.1) is 5.92 Å². The summed E-state index contributed by atoms with van der Waals surface area (Å²) in [7, 11) is 0. The van der Waals surface area contributed by atoms with Crippen molar-refractivity contribution in [3.63, 3.8) is 0 Å². The zero-order valence-electron chi connectivity index (χ0n) is 17.9. The number of carbonyl (C=O) groups is 2. The first-order valence-electron chi connectivity index (χ1n) is 10.4. The van der Waals surface area contributed by atoms with E-state index in [0.717, 1.165) is 5.69 Å². The third-order valence-electron chi connectivity index (χ3n) is 5.22. The molecule has 2 heterocycles. The Labute approximate surface area is 183 Å². The summed E-state index contributed by atoms with van der Waals surface area (Å²) >= 11 is 0. The van der Waals surface area contributed by atoms with Gasteiger partial charge in [-0.15, -0.1) is 0 Å². The lowest BCUT2D eigenvalue weighted by Gasteiger charge is -2.34. The van der Waals surface area contributed by atoms with Gasteiger partial charge in [0.2, 0.25) is 0 Å². The summed E-state index contributed by atoms with van der Waals surface area (Å²) in [6, 6.07) is 20.2. The smallest absolute Gasteiger partial charge is 0.270 e. The summed E-state index contributed by atoms with van der Waals surface area (Å²) < 4.78 is 0. The number of aromatic nitrogens is 2. The van der Waals surface area contributed by atoms with Gasteiger partial charge >= 0.3 is 0 Å². The van der Waals surface area contributed by atoms with Crippen LogP contribution in [0.4, 0.5) is 0 Å². The highest BCUT2D eigenvalue weighted by Gasteiger charge is 2.36. The normalized spacial score (nSPS) is 12.2. The van der Waals surface area contributed by atoms with Gasteiger partial charge in [-0.3, -0.25) is 19.6 Å². The van der Waals surface area contributed by atoms with Crippen molar-refractivity contribution >= 4 is 11.7 Å². The standard InChI is InChI=1S/C25H28N4O2/c1-25(2,29-24(31)22-13-7-9-16-28-22)21(23(30)19-10-4-3-5-11-19)14-17-26-18-20-12-6-8-15-27-20/h3-13,15-16,21,26H,14,17-18H2,1-2H3,(H,29,31). The molecule has 1 unspecified atom stereocenters. The molecule has 6 heteroatoms. The van der Waals surface area contributed by atoms with Gasteiger partial charge in [0.15, 0.2) is 5.78 Å². The van der Waals surface area contributed by atoms with E-state index in [9.17, 15) is 9.59 Å². The van der Waals surface area contributed by atoms with E-state index in [0.29, 0.717) is 30.8 Å². The number of pyridine rings is 2. The number of benzene rings is 1. The fourth-order valence-corrected chi connectivity index (χ4v) is 3.53. The molecule has 3 rings (SSSR count). The van der Waals surface area contributed by atoms with Crippen LogP contribution < -0.4 is 10.6 Å². The molecule has 3 aromatic rings. The van der Waals surface area contributed by atoms with Crippen LogP contribution in [0.1, 0.15) is 46.8 Å². The minimum atomic E-state index is -0.770. The lowest BCUT2D eigenvalue weighted by Crippen LogP contribution is -2.52. The minimum absolute atomic E-state index is 0.00607. The Morgan fingerprint density at radius 1 is 0.903 bits per heavy atom. The van der Waals surface area contributed by atoms with Crippen LogP contribution in [-0.2, 0) is 6.54 Å². The molecule has 0 fully saturated rings. The Hall–Kier alpha value is -3.38. The Kier molecular flexibility index (Phi) is 7.62. The molecule has 1 amide bonds. The van der Waals surface area contributed by atoms with Crippen molar-refractivity contribution in [1.29, 1.82) is 0 Å². The maximum atomic E-state index is 13.4. The highest BCUT2D eigenvalue weighted by atomic mass is 16.2. The van der Waals surface area contributed by atoms with Gasteiger partial charge in [0.1, 0.15) is 5.69 Å². The van der Waals surface area contributed by atoms with E-state index in [2.05, 4.69) is 20.6 Å². The Bertz CT molecular complexity index is 976. The van der Waals surface area contributed by atoms with Crippen LogP contribution >= 0.6 is 0 Å². The predicted molar refractivity (Wildman–Crippen MR) is 121 cm³/mol. The Balaban J connectivity index is 1.72. The van der Waals surface area contributed by atoms with Crippen LogP contribution in [0.2, 0.25) is 0 Å². The number of nitrogens with zero attached hydrogens (tertiary/aromatic N) is 2. The number of nitrogens with one attached hydrogen (secondary N) is 2. The first kappa shape index (κ1) is 22.3. The Morgan fingerprint density at radius 3 is 2.23 bits per heavy atom. The zero-order chi connectivity index (χ0) is 22.1. The molecule has 2 N–H and O–H groups in total. The maximum absolute atomic E-state index is 13.4. The molecule has 1 atom stereocenters. The molecule has 2 aromatic heterocycles. The van der Waals surface area contributed by atoms with E-state index in [1.165, 1.54) is 0 Å². The van der Waals surface area contributed by atoms with Crippen LogP contribution in [0.25, 0.3) is 0 Å². The van der Waals surface area contributed by atoms with E-state index in [4.69, 9.17) is 0 Å². The van der Waals surface area contributed by atoms with Gasteiger partial charge in [-0.1, -0.05) is 42.5 Å². The van der Waals surface area contributed by atoms with Gasteiger partial charge in [-0.25, -0.2) is 0 Å². The van der Waals surface area contributed by atoms with Crippen molar-refractivity contribution < 1.29 is 9.59 Å². The average Bonchev–Trinajstić information content (AvgIpc) is 2.80. The van der Waals surface area contributed by atoms with Gasteiger partial charge < -0.3 is 10.6 Å². The second-order valence-corrected chi connectivity index (χ2v) is 7.96. The molecule has 0 saturated heterocycles. The van der Waals surface area contributed by atoms with Crippen molar-refractivity contribution in [3.05, 3.63) is 96.1 Å². The summed E-state index contributed by atoms with van der Waals surface area (Å²) in [5.41, 5.74) is 1.14. The molecule has 0 saturated carbocycles. The molecule has 31 heavy (non-hydrogen) atoms. The second-order valence-electron chi connectivity index (χ2n) is 7.96. The van der Waals surface area contributed by atoms with E-state index >= 15 is 0 Å². The number of ketones is 1. The molecule has 0 bridgehead atoms. The summed E-state index contributed by atoms with van der Waals surface area (Å²) in [5, 5.41) is 6.38. The monoisotopic (exact) mass is 416 g/mol. The number of hydrogen-bond acceptors (Lipinski definition) is 5. The van der Waals surface area contributed by atoms with Crippen molar-refractivity contribution in [3.8, 4) is 0 Å². The van der Waals surface area contributed by atoms with Gasteiger partial charge in [-0.2, -0.15) is 0 Å². The minimum Gasteiger partial charge on any atom is -0.345 e. The van der Waals surface area contributed by atoms with Gasteiger partial charge in [0.05, 0.1) is 5.69 Å². The number of hydrogen-bond donors (Lipinski definition) is 2. The molecular formula is C25H28N4O2. The van der Waals surface area contributed by atoms with Crippen molar-refractivity contribution in [1.82, 2.24) is 20.6 Å². The lowest BCUT2D eigenvalue weighted by atomic mass is 9.79. The third-order valence-corrected chi connectivity index (χ3v) is 5.22. The van der Waals surface area contributed by atoms with E-state index < -0.39 is 11.5 Å². The van der Waals surface area contributed by atoms with Gasteiger partial charge in [0, 0.05) is 36.0 Å². The van der Waals surface area contributed by atoms with Crippen LogP contribution in [0.3, 0.4) is 0 Å². The SMILES string of the molecule is CC(C)(NC(=O)c1ccccn1)C(CCNCc1ccccn1)C(=O)c1ccccc1. The van der Waals surface area contributed by atoms with Gasteiger partial charge in [-0.05, 0) is 51.1 Å². The molecule has 1 aromatic carbocycles. The highest BCUT2D eigenvalue weighted by Crippen LogP contribution is 2.25. The first-order valence-corrected chi connectivity index (χ1v) is 10.4. The van der Waals surface area contributed by atoms with Crippen LogP contribution in [0.15, 0.2) is 79.1 Å². The molecule has 0 aliphatic carbocycles. The summed E-state index contributed by atoms with van der Waals surface area (Å²) in [5.74, 6) is -0.705. The number of carbonyl (C=O) groups excluding carboxylic acids is 2. The van der Waals surface area contributed by atoms with E-state index in [1.54, 1.807) is 30.6 Å². The molecular weight excluding hydrogens is 388 g/mol. The lowest BCUT2D eigenvalue weighted by molar-refractivity contribution is 0.0772. The zero-order valence-corrected chi connectivity index (χ0v) is 17.9. The quantitative estimate of drug-likeness (QED) is 0.389. The number of rotatable bonds is 10. The molecule has 0 radical (unpaired) electrons. The van der Waals surface area contributed by atoms with Gasteiger partial charge in [0.25, 0.3) is 5.91 Å². The summed E-state index contributed by atoms with van der Waals surface area (Å²) in [6.07, 6.45) is 3.90. The molecule has 0 aliphatic heterocycles. The van der Waals surface area contributed by atoms with Crippen molar-refractivity contribution in [2.24, 2.45) is 5.92 Å². The summed E-state index contributed by atoms with van der Waals surface area (Å²) in [4.78, 5) is 34.5. The fraction of sp³-hybridized carbons (Fsp3) is 0.280. The molecule has 160 valence electrons. The van der Waals surface area contributed by atoms with Crippen molar-refractivity contribution in [2.75, 3.05) is 6.54 Å². The maximum Gasteiger partial charge on any atom is 0.270 e. The average molecular weight is 417 g/mol. The largest absolute Gasteiger partial charge is 0.345 e. The second kappa shape index (κ2) is 10.6. The first-order chi connectivity index (χ1) is 15.0. The molecule has 0 aliphatic rings. The highest BCUT2D eigenvalue weighted by molar-refractivity contribution is 5.99. The Morgan fingerprint density at radius 2 is 1.58 bits per heavy atom. The molecule has 0 spiro atoms. The predicted octanol–water partition coefficient (Wildman–Crippen LogP) is 3.66. The number of Topliss-reactive ketones (excluding diaryl/α,β-unsaturated/α-hetero) is 1. The van der Waals surface area contributed by atoms with Crippen LogP contribution in [-0.4, -0.2) is 33.7 Å².